The summed E-state index contributed by atoms with van der Waals surface area (Å²) in [5.41, 5.74) is -0.168. The van der Waals surface area contributed by atoms with Gasteiger partial charge in [-0.2, -0.15) is 0 Å². The average molecular weight is 257 g/mol. The van der Waals surface area contributed by atoms with Gasteiger partial charge in [-0.3, -0.25) is 9.00 Å². The maximum atomic E-state index is 11.5. The van der Waals surface area contributed by atoms with Gasteiger partial charge in [-0.05, 0) is 12.5 Å². The molecule has 0 aliphatic carbocycles. The lowest BCUT2D eigenvalue weighted by Crippen LogP contribution is -2.23. The summed E-state index contributed by atoms with van der Waals surface area (Å²) >= 11 is 0. The Labute approximate surface area is 102 Å². The minimum Gasteiger partial charge on any atom is -0.478 e. The van der Waals surface area contributed by atoms with Crippen LogP contribution in [0.4, 0.5) is 0 Å². The number of hydrogen-bond acceptors (Lipinski definition) is 3. The van der Waals surface area contributed by atoms with Crippen molar-refractivity contribution in [1.82, 2.24) is 4.57 Å². The topological polar surface area (TPSA) is 76.4 Å². The predicted molar refractivity (Wildman–Crippen MR) is 65.8 cm³/mol. The number of nitrogens with zero attached hydrogens (tertiary/aromatic N) is 1. The fourth-order valence-electron chi connectivity index (χ4n) is 1.32. The van der Waals surface area contributed by atoms with E-state index in [1.807, 2.05) is 6.92 Å². The zero-order valence-corrected chi connectivity index (χ0v) is 10.6. The predicted octanol–water partition coefficient (Wildman–Crippen LogP) is 0.704. The number of aromatic nitrogens is 1. The van der Waals surface area contributed by atoms with E-state index in [2.05, 4.69) is 0 Å². The molecule has 0 fully saturated rings. The van der Waals surface area contributed by atoms with Crippen LogP contribution in [0.25, 0.3) is 0 Å². The van der Waals surface area contributed by atoms with Crippen molar-refractivity contribution < 1.29 is 14.1 Å². The molecule has 1 rings (SSSR count). The van der Waals surface area contributed by atoms with Gasteiger partial charge in [-0.1, -0.05) is 6.92 Å². The third kappa shape index (κ3) is 3.81. The number of rotatable bonds is 5. The molecule has 0 amide bonds. The number of pyridine rings is 1. The molecule has 0 saturated heterocycles. The Kier molecular flexibility index (Phi) is 4.62. The van der Waals surface area contributed by atoms with E-state index in [9.17, 15) is 13.8 Å². The van der Waals surface area contributed by atoms with Crippen LogP contribution in [0, 0.1) is 0 Å². The lowest BCUT2D eigenvalue weighted by Gasteiger charge is -2.10. The van der Waals surface area contributed by atoms with Crippen molar-refractivity contribution in [3.05, 3.63) is 34.2 Å². The Morgan fingerprint density at radius 1 is 1.53 bits per heavy atom. The van der Waals surface area contributed by atoms with E-state index in [4.69, 9.17) is 5.11 Å². The van der Waals surface area contributed by atoms with Crippen molar-refractivity contribution in [2.24, 2.45) is 0 Å². The van der Waals surface area contributed by atoms with Crippen LogP contribution in [0.3, 0.4) is 0 Å². The molecule has 0 saturated carbocycles. The zero-order valence-electron chi connectivity index (χ0n) is 9.75. The van der Waals surface area contributed by atoms with Crippen LogP contribution in [0.15, 0.2) is 23.1 Å². The normalized spacial score (nSPS) is 14.2. The van der Waals surface area contributed by atoms with Crippen LogP contribution in [0.1, 0.15) is 23.7 Å². The number of aryl methyl sites for hydroxylation is 1. The molecule has 1 aromatic rings. The highest BCUT2D eigenvalue weighted by atomic mass is 32.2. The molecule has 1 N–H and O–H groups in total. The molecule has 1 aromatic heterocycles. The van der Waals surface area contributed by atoms with Gasteiger partial charge in [0.1, 0.15) is 0 Å². The minimum atomic E-state index is -1.06. The standard InChI is InChI=1S/C11H15NO4S/c1-8(17(2)16)5-6-12-7-9(11(14)15)3-4-10(12)13/h3-4,7-8H,5-6H2,1-2H3,(H,14,15). The summed E-state index contributed by atoms with van der Waals surface area (Å²) in [5.74, 6) is -1.06. The second-order valence-corrected chi connectivity index (χ2v) is 5.65. The van der Waals surface area contributed by atoms with Crippen molar-refractivity contribution in [3.8, 4) is 0 Å². The fourth-order valence-corrected chi connectivity index (χ4v) is 1.76. The van der Waals surface area contributed by atoms with E-state index in [0.717, 1.165) is 0 Å². The second-order valence-electron chi connectivity index (χ2n) is 3.85. The van der Waals surface area contributed by atoms with Crippen molar-refractivity contribution in [1.29, 1.82) is 0 Å². The maximum absolute atomic E-state index is 11.5. The van der Waals surface area contributed by atoms with Gasteiger partial charge in [0.05, 0.1) is 5.56 Å². The number of carboxylic acids is 1. The van der Waals surface area contributed by atoms with Crippen LogP contribution in [0.5, 0.6) is 0 Å². The summed E-state index contributed by atoms with van der Waals surface area (Å²) in [5, 5.41) is 8.78. The summed E-state index contributed by atoms with van der Waals surface area (Å²) in [4.78, 5) is 22.2. The highest BCUT2D eigenvalue weighted by Gasteiger charge is 2.09. The number of carbonyl (C=O) groups is 1. The molecule has 0 radical (unpaired) electrons. The number of hydrogen-bond donors (Lipinski definition) is 1. The van der Waals surface area contributed by atoms with Gasteiger partial charge >= 0.3 is 5.97 Å². The van der Waals surface area contributed by atoms with Crippen molar-refractivity contribution in [3.63, 3.8) is 0 Å². The summed E-state index contributed by atoms with van der Waals surface area (Å²) in [6.07, 6.45) is 3.50. The largest absolute Gasteiger partial charge is 0.478 e. The van der Waals surface area contributed by atoms with Crippen LogP contribution in [-0.2, 0) is 17.3 Å². The van der Waals surface area contributed by atoms with Crippen LogP contribution in [0.2, 0.25) is 0 Å². The first-order valence-electron chi connectivity index (χ1n) is 5.18. The molecule has 0 aliphatic rings. The Morgan fingerprint density at radius 3 is 2.71 bits per heavy atom. The summed E-state index contributed by atoms with van der Waals surface area (Å²) in [7, 11) is -0.936. The molecule has 0 bridgehead atoms. The molecule has 94 valence electrons. The Hall–Kier alpha value is -1.43. The molecule has 17 heavy (non-hydrogen) atoms. The molecule has 1 heterocycles. The molecule has 0 aromatic carbocycles. The van der Waals surface area contributed by atoms with Gasteiger partial charge in [0.15, 0.2) is 0 Å². The molecular formula is C11H15NO4S. The van der Waals surface area contributed by atoms with Crippen LogP contribution in [-0.4, -0.2) is 31.4 Å². The van der Waals surface area contributed by atoms with Crippen molar-refractivity contribution in [2.45, 2.75) is 25.1 Å². The van der Waals surface area contributed by atoms with E-state index in [1.165, 1.54) is 22.9 Å². The smallest absolute Gasteiger partial charge is 0.337 e. The molecule has 5 nitrogen and oxygen atoms in total. The van der Waals surface area contributed by atoms with E-state index < -0.39 is 16.8 Å². The Bertz CT molecular complexity index is 494. The molecule has 0 aliphatic heterocycles. The molecule has 2 unspecified atom stereocenters. The van der Waals surface area contributed by atoms with Crippen LogP contribution >= 0.6 is 0 Å². The Balaban J connectivity index is 2.83. The van der Waals surface area contributed by atoms with Crippen LogP contribution < -0.4 is 5.56 Å². The highest BCUT2D eigenvalue weighted by molar-refractivity contribution is 7.84. The molecule has 0 spiro atoms. The van der Waals surface area contributed by atoms with Gasteiger partial charge in [-0.25, -0.2) is 4.79 Å². The monoisotopic (exact) mass is 257 g/mol. The van der Waals surface area contributed by atoms with Gasteiger partial charge in [-0.15, -0.1) is 0 Å². The second kappa shape index (κ2) is 5.77. The van der Waals surface area contributed by atoms with Crippen molar-refractivity contribution >= 4 is 16.8 Å². The minimum absolute atomic E-state index is 0.0182. The van der Waals surface area contributed by atoms with Gasteiger partial charge in [0, 0.05) is 41.1 Å². The molecule has 6 heteroatoms. The maximum Gasteiger partial charge on any atom is 0.337 e. The lowest BCUT2D eigenvalue weighted by molar-refractivity contribution is 0.0696. The first kappa shape index (κ1) is 13.6. The quantitative estimate of drug-likeness (QED) is 0.842. The van der Waals surface area contributed by atoms with E-state index in [1.54, 1.807) is 6.26 Å². The van der Waals surface area contributed by atoms with E-state index in [0.29, 0.717) is 13.0 Å². The van der Waals surface area contributed by atoms with E-state index >= 15 is 0 Å². The first-order valence-corrected chi connectivity index (χ1v) is 6.80. The van der Waals surface area contributed by atoms with E-state index in [-0.39, 0.29) is 16.4 Å². The third-order valence-electron chi connectivity index (χ3n) is 2.57. The summed E-state index contributed by atoms with van der Waals surface area (Å²) in [6.45, 7) is 2.21. The fraction of sp³-hybridized carbons (Fsp3) is 0.455. The Morgan fingerprint density at radius 2 is 2.18 bits per heavy atom. The van der Waals surface area contributed by atoms with Gasteiger partial charge < -0.3 is 9.67 Å². The summed E-state index contributed by atoms with van der Waals surface area (Å²) in [6, 6.07) is 2.51. The van der Waals surface area contributed by atoms with Crippen molar-refractivity contribution in [2.75, 3.05) is 6.26 Å². The number of carboxylic acid groups (broad SMARTS) is 1. The third-order valence-corrected chi connectivity index (χ3v) is 3.94. The zero-order chi connectivity index (χ0) is 13.0. The SMILES string of the molecule is CC(CCn1cc(C(=O)O)ccc1=O)S(C)=O. The first-order chi connectivity index (χ1) is 7.91. The van der Waals surface area contributed by atoms with Gasteiger partial charge in [0.25, 0.3) is 5.56 Å². The molecular weight excluding hydrogens is 242 g/mol. The van der Waals surface area contributed by atoms with Gasteiger partial charge in [0.2, 0.25) is 0 Å². The highest BCUT2D eigenvalue weighted by Crippen LogP contribution is 2.02. The lowest BCUT2D eigenvalue weighted by atomic mass is 10.2. The molecule has 2 atom stereocenters. The average Bonchev–Trinajstić information content (AvgIpc) is 2.26. The number of aromatic carboxylic acids is 1. The summed E-state index contributed by atoms with van der Waals surface area (Å²) < 4.78 is 12.5.